The lowest BCUT2D eigenvalue weighted by Crippen LogP contribution is -2.11. The van der Waals surface area contributed by atoms with Crippen LogP contribution in [0.1, 0.15) is 19.3 Å². The van der Waals surface area contributed by atoms with Gasteiger partial charge in [0.15, 0.2) is 0 Å². The highest BCUT2D eigenvalue weighted by Gasteiger charge is 2.02. The average Bonchev–Trinajstić information content (AvgIpc) is 2.71. The van der Waals surface area contributed by atoms with Crippen molar-refractivity contribution in [2.75, 3.05) is 42.2 Å². The van der Waals surface area contributed by atoms with Crippen molar-refractivity contribution in [2.24, 2.45) is 0 Å². The van der Waals surface area contributed by atoms with Gasteiger partial charge in [-0.25, -0.2) is 4.98 Å². The minimum absolute atomic E-state index is 0.215. The van der Waals surface area contributed by atoms with Gasteiger partial charge in [-0.1, -0.05) is 0 Å². The highest BCUT2D eigenvalue weighted by Crippen LogP contribution is 2.23. The number of hydrogen-bond acceptors (Lipinski definition) is 7. The van der Waals surface area contributed by atoms with E-state index in [0.29, 0.717) is 5.95 Å². The van der Waals surface area contributed by atoms with Crippen LogP contribution in [0.4, 0.5) is 17.5 Å². The zero-order valence-electron chi connectivity index (χ0n) is 15.7. The molecule has 0 aliphatic carbocycles. The van der Waals surface area contributed by atoms with Gasteiger partial charge in [0, 0.05) is 53.3 Å². The van der Waals surface area contributed by atoms with Crippen molar-refractivity contribution in [3.8, 4) is 0 Å². The molecule has 0 saturated heterocycles. The molecule has 4 N–H and O–H groups in total. The molecule has 28 heavy (non-hydrogen) atoms. The first-order valence-corrected chi connectivity index (χ1v) is 10.5. The third-order valence-corrected chi connectivity index (χ3v) is 4.87. The van der Waals surface area contributed by atoms with Crippen molar-refractivity contribution in [3.63, 3.8) is 0 Å². The molecule has 7 nitrogen and oxygen atoms in total. The molecule has 3 rings (SSSR count). The summed E-state index contributed by atoms with van der Waals surface area (Å²) in [4.78, 5) is 13.1. The molecule has 2 heterocycles. The molecule has 0 atom stereocenters. The van der Waals surface area contributed by atoms with Gasteiger partial charge < -0.3 is 21.1 Å². The number of aliphatic hydroxyl groups excluding tert-OH is 1. The Bertz CT molecular complexity index is 891. The lowest BCUT2D eigenvalue weighted by molar-refractivity contribution is 0.286. The molecule has 3 aromatic rings. The first kappa shape index (κ1) is 20.5. The summed E-state index contributed by atoms with van der Waals surface area (Å²) in [6.45, 7) is 2.64. The number of halogens is 1. The standard InChI is InChI=1S/C20H25IN6O/c21-15-4-5-16-17(6-11-23-18(16)14-15)22-9-3-10-24-19-7-12-26-20(27-19)25-8-1-2-13-28/h4-7,11-12,14,28H,1-3,8-10,13H2,(H,22,23)(H2,24,25,26,27). The Morgan fingerprint density at radius 2 is 1.68 bits per heavy atom. The normalized spacial score (nSPS) is 10.8. The number of aliphatic hydroxyl groups is 1. The van der Waals surface area contributed by atoms with E-state index in [-0.39, 0.29) is 6.61 Å². The molecule has 0 saturated carbocycles. The molecule has 0 aliphatic rings. The van der Waals surface area contributed by atoms with Crippen molar-refractivity contribution in [2.45, 2.75) is 19.3 Å². The number of anilines is 3. The third kappa shape index (κ3) is 6.16. The quantitative estimate of drug-likeness (QED) is 0.239. The molecule has 0 bridgehead atoms. The van der Waals surface area contributed by atoms with Gasteiger partial charge in [-0.15, -0.1) is 0 Å². The van der Waals surface area contributed by atoms with Crippen molar-refractivity contribution in [1.29, 1.82) is 0 Å². The van der Waals surface area contributed by atoms with Crippen molar-refractivity contribution >= 4 is 50.9 Å². The van der Waals surface area contributed by atoms with Gasteiger partial charge in [0.2, 0.25) is 5.95 Å². The molecule has 148 valence electrons. The van der Waals surface area contributed by atoms with Crippen LogP contribution in [0.2, 0.25) is 0 Å². The van der Waals surface area contributed by atoms with Crippen molar-refractivity contribution < 1.29 is 5.11 Å². The first-order chi connectivity index (χ1) is 13.8. The number of rotatable bonds is 11. The maximum absolute atomic E-state index is 8.81. The molecule has 2 aromatic heterocycles. The van der Waals surface area contributed by atoms with Crippen LogP contribution in [0, 0.1) is 3.57 Å². The number of fused-ring (bicyclic) bond motifs is 1. The van der Waals surface area contributed by atoms with Gasteiger partial charge in [0.05, 0.1) is 5.52 Å². The maximum Gasteiger partial charge on any atom is 0.224 e. The second-order valence-corrected chi connectivity index (χ2v) is 7.60. The monoisotopic (exact) mass is 492 g/mol. The lowest BCUT2D eigenvalue weighted by atomic mass is 10.2. The molecule has 0 fully saturated rings. The topological polar surface area (TPSA) is 95.0 Å². The molecule has 8 heteroatoms. The molecule has 0 aliphatic heterocycles. The van der Waals surface area contributed by atoms with E-state index in [9.17, 15) is 0 Å². The Hall–Kier alpha value is -2.20. The number of unbranched alkanes of at least 4 members (excludes halogenated alkanes) is 1. The van der Waals surface area contributed by atoms with E-state index in [1.807, 2.05) is 18.3 Å². The zero-order chi connectivity index (χ0) is 19.6. The molecular formula is C20H25IN6O. The van der Waals surface area contributed by atoms with Gasteiger partial charge in [0.1, 0.15) is 5.82 Å². The van der Waals surface area contributed by atoms with E-state index in [2.05, 4.69) is 71.7 Å². The van der Waals surface area contributed by atoms with Gasteiger partial charge >= 0.3 is 0 Å². The average molecular weight is 492 g/mol. The lowest BCUT2D eigenvalue weighted by Gasteiger charge is -2.11. The predicted octanol–water partition coefficient (Wildman–Crippen LogP) is 3.73. The molecule has 0 amide bonds. The Balaban J connectivity index is 1.43. The fraction of sp³-hybridized carbons (Fsp3) is 0.350. The van der Waals surface area contributed by atoms with E-state index in [1.54, 1.807) is 6.20 Å². The van der Waals surface area contributed by atoms with Crippen LogP contribution in [0.15, 0.2) is 42.7 Å². The molecule has 0 unspecified atom stereocenters. The first-order valence-electron chi connectivity index (χ1n) is 9.46. The van der Waals surface area contributed by atoms with Crippen LogP contribution >= 0.6 is 22.6 Å². The number of aromatic nitrogens is 3. The Morgan fingerprint density at radius 1 is 0.857 bits per heavy atom. The van der Waals surface area contributed by atoms with E-state index in [4.69, 9.17) is 5.11 Å². The summed E-state index contributed by atoms with van der Waals surface area (Å²) < 4.78 is 1.19. The van der Waals surface area contributed by atoms with Crippen LogP contribution in [0.25, 0.3) is 10.9 Å². The minimum Gasteiger partial charge on any atom is -0.396 e. The number of nitrogens with zero attached hydrogens (tertiary/aromatic N) is 3. The van der Waals surface area contributed by atoms with Crippen molar-refractivity contribution in [1.82, 2.24) is 15.0 Å². The van der Waals surface area contributed by atoms with Gasteiger partial charge in [-0.3, -0.25) is 4.98 Å². The van der Waals surface area contributed by atoms with Crippen LogP contribution in [-0.4, -0.2) is 46.3 Å². The third-order valence-electron chi connectivity index (χ3n) is 4.20. The minimum atomic E-state index is 0.215. The second-order valence-electron chi connectivity index (χ2n) is 6.35. The zero-order valence-corrected chi connectivity index (χ0v) is 17.8. The summed E-state index contributed by atoms with van der Waals surface area (Å²) in [5, 5.41) is 20.0. The fourth-order valence-electron chi connectivity index (χ4n) is 2.78. The van der Waals surface area contributed by atoms with E-state index >= 15 is 0 Å². The molecular weight excluding hydrogens is 467 g/mol. The molecule has 0 spiro atoms. The van der Waals surface area contributed by atoms with Crippen molar-refractivity contribution in [3.05, 3.63) is 46.3 Å². The summed E-state index contributed by atoms with van der Waals surface area (Å²) >= 11 is 2.30. The second kappa shape index (κ2) is 11.0. The largest absolute Gasteiger partial charge is 0.396 e. The highest BCUT2D eigenvalue weighted by atomic mass is 127. The summed E-state index contributed by atoms with van der Waals surface area (Å²) in [6.07, 6.45) is 6.22. The van der Waals surface area contributed by atoms with Crippen LogP contribution in [0.5, 0.6) is 0 Å². The Morgan fingerprint density at radius 3 is 2.57 bits per heavy atom. The Labute approximate surface area is 178 Å². The summed E-state index contributed by atoms with van der Waals surface area (Å²) in [6, 6.07) is 10.2. The number of benzene rings is 1. The van der Waals surface area contributed by atoms with Crippen LogP contribution < -0.4 is 16.0 Å². The maximum atomic E-state index is 8.81. The summed E-state index contributed by atoms with van der Waals surface area (Å²) in [5.74, 6) is 1.42. The SMILES string of the molecule is OCCCCNc1nccc(NCCCNc2ccnc3cc(I)ccc23)n1. The van der Waals surface area contributed by atoms with E-state index in [0.717, 1.165) is 61.3 Å². The van der Waals surface area contributed by atoms with Crippen LogP contribution in [0.3, 0.4) is 0 Å². The summed E-state index contributed by atoms with van der Waals surface area (Å²) in [5.41, 5.74) is 2.12. The fourth-order valence-corrected chi connectivity index (χ4v) is 3.26. The number of nitrogens with one attached hydrogen (secondary N) is 3. The van der Waals surface area contributed by atoms with E-state index < -0.39 is 0 Å². The van der Waals surface area contributed by atoms with Gasteiger partial charge in [0.25, 0.3) is 0 Å². The van der Waals surface area contributed by atoms with Crippen LogP contribution in [-0.2, 0) is 0 Å². The van der Waals surface area contributed by atoms with E-state index in [1.165, 1.54) is 3.57 Å². The molecule has 1 aromatic carbocycles. The summed E-state index contributed by atoms with van der Waals surface area (Å²) in [7, 11) is 0. The predicted molar refractivity (Wildman–Crippen MR) is 123 cm³/mol. The Kier molecular flexibility index (Phi) is 8.04. The molecule has 0 radical (unpaired) electrons. The van der Waals surface area contributed by atoms with Gasteiger partial charge in [-0.2, -0.15) is 4.98 Å². The smallest absolute Gasteiger partial charge is 0.224 e. The highest BCUT2D eigenvalue weighted by molar-refractivity contribution is 14.1. The number of pyridine rings is 1. The number of hydrogen-bond donors (Lipinski definition) is 4. The van der Waals surface area contributed by atoms with Gasteiger partial charge in [-0.05, 0) is 72.2 Å².